The molecule has 2 N–H and O–H groups in total. The van der Waals surface area contributed by atoms with Gasteiger partial charge in [-0.3, -0.25) is 0 Å². The molecule has 0 saturated heterocycles. The molecule has 21 heavy (non-hydrogen) atoms. The lowest BCUT2D eigenvalue weighted by molar-refractivity contribution is 0.0695. The van der Waals surface area contributed by atoms with Crippen LogP contribution < -0.4 is 10.1 Å². The number of pyridine rings is 1. The first-order valence-corrected chi connectivity index (χ1v) is 7.52. The van der Waals surface area contributed by atoms with E-state index in [1.165, 1.54) is 6.07 Å². The summed E-state index contributed by atoms with van der Waals surface area (Å²) in [7, 11) is 1.59. The van der Waals surface area contributed by atoms with E-state index in [0.29, 0.717) is 17.3 Å². The SMILES string of the molecule is COc1cc(Nc2ccc(C(=O)O)c(C)n2)c(Br)cc1Br. The number of anilines is 2. The molecule has 0 atom stereocenters. The second-order valence-electron chi connectivity index (χ2n) is 4.23. The highest BCUT2D eigenvalue weighted by atomic mass is 79.9. The molecule has 110 valence electrons. The number of rotatable bonds is 4. The number of ether oxygens (including phenoxy) is 1. The summed E-state index contributed by atoms with van der Waals surface area (Å²) in [6.45, 7) is 1.66. The van der Waals surface area contributed by atoms with Gasteiger partial charge in [0.05, 0.1) is 28.5 Å². The standard InChI is InChI=1S/C14H12Br2N2O3/c1-7-8(14(19)20)3-4-13(17-7)18-11-6-12(21-2)10(16)5-9(11)15/h3-6H,1-2H3,(H,17,18)(H,19,20). The number of halogens is 2. The summed E-state index contributed by atoms with van der Waals surface area (Å²) in [5, 5.41) is 12.1. The molecule has 5 nitrogen and oxygen atoms in total. The fourth-order valence-electron chi connectivity index (χ4n) is 1.78. The van der Waals surface area contributed by atoms with Crippen molar-refractivity contribution in [2.24, 2.45) is 0 Å². The van der Waals surface area contributed by atoms with Gasteiger partial charge in [0, 0.05) is 10.5 Å². The second kappa shape index (κ2) is 6.44. The van der Waals surface area contributed by atoms with Crippen molar-refractivity contribution in [3.63, 3.8) is 0 Å². The van der Waals surface area contributed by atoms with Gasteiger partial charge in [0.1, 0.15) is 11.6 Å². The van der Waals surface area contributed by atoms with Crippen LogP contribution in [-0.2, 0) is 0 Å². The Hall–Kier alpha value is -1.60. The van der Waals surface area contributed by atoms with Crippen molar-refractivity contribution in [3.8, 4) is 5.75 Å². The molecule has 0 aliphatic rings. The molecule has 0 saturated carbocycles. The van der Waals surface area contributed by atoms with E-state index in [1.54, 1.807) is 20.1 Å². The minimum absolute atomic E-state index is 0.188. The van der Waals surface area contributed by atoms with Crippen LogP contribution in [0.3, 0.4) is 0 Å². The molecule has 0 aliphatic carbocycles. The molecule has 0 amide bonds. The average Bonchev–Trinajstić information content (AvgIpc) is 2.41. The number of aromatic carboxylic acids is 1. The lowest BCUT2D eigenvalue weighted by atomic mass is 10.2. The summed E-state index contributed by atoms with van der Waals surface area (Å²) in [5.41, 5.74) is 1.41. The van der Waals surface area contributed by atoms with E-state index < -0.39 is 5.97 Å². The topological polar surface area (TPSA) is 71.5 Å². The maximum absolute atomic E-state index is 11.0. The highest BCUT2D eigenvalue weighted by Gasteiger charge is 2.11. The molecular weight excluding hydrogens is 404 g/mol. The van der Waals surface area contributed by atoms with Crippen LogP contribution in [0.2, 0.25) is 0 Å². The maximum atomic E-state index is 11.0. The lowest BCUT2D eigenvalue weighted by Gasteiger charge is -2.12. The highest BCUT2D eigenvalue weighted by molar-refractivity contribution is 9.11. The highest BCUT2D eigenvalue weighted by Crippen LogP contribution is 2.35. The van der Waals surface area contributed by atoms with Gasteiger partial charge >= 0.3 is 5.97 Å². The number of carboxylic acids is 1. The van der Waals surface area contributed by atoms with Crippen molar-refractivity contribution in [3.05, 3.63) is 44.5 Å². The Balaban J connectivity index is 2.34. The molecule has 1 aromatic carbocycles. The van der Waals surface area contributed by atoms with Gasteiger partial charge in [-0.25, -0.2) is 9.78 Å². The minimum Gasteiger partial charge on any atom is -0.495 e. The van der Waals surface area contributed by atoms with E-state index in [0.717, 1.165) is 14.6 Å². The van der Waals surface area contributed by atoms with Gasteiger partial charge in [0.2, 0.25) is 0 Å². The summed E-state index contributed by atoms with van der Waals surface area (Å²) in [4.78, 5) is 15.2. The van der Waals surface area contributed by atoms with Crippen LogP contribution in [0.4, 0.5) is 11.5 Å². The van der Waals surface area contributed by atoms with E-state index >= 15 is 0 Å². The van der Waals surface area contributed by atoms with Crippen LogP contribution in [-0.4, -0.2) is 23.2 Å². The molecule has 0 aliphatic heterocycles. The molecule has 1 aromatic heterocycles. The van der Waals surface area contributed by atoms with Gasteiger partial charge in [-0.1, -0.05) is 0 Å². The van der Waals surface area contributed by atoms with Crippen LogP contribution >= 0.6 is 31.9 Å². The van der Waals surface area contributed by atoms with Crippen molar-refractivity contribution in [2.45, 2.75) is 6.92 Å². The number of hydrogen-bond acceptors (Lipinski definition) is 4. The molecule has 0 bridgehead atoms. The predicted octanol–water partition coefficient (Wildman–Crippen LogP) is 4.37. The van der Waals surface area contributed by atoms with E-state index in [9.17, 15) is 4.79 Å². The Morgan fingerprint density at radius 1 is 1.29 bits per heavy atom. The Morgan fingerprint density at radius 3 is 2.57 bits per heavy atom. The minimum atomic E-state index is -0.988. The lowest BCUT2D eigenvalue weighted by Crippen LogP contribution is -2.04. The van der Waals surface area contributed by atoms with Crippen molar-refractivity contribution in [1.82, 2.24) is 4.98 Å². The van der Waals surface area contributed by atoms with Crippen LogP contribution in [0.25, 0.3) is 0 Å². The number of carbonyl (C=O) groups is 1. The van der Waals surface area contributed by atoms with Crippen molar-refractivity contribution < 1.29 is 14.6 Å². The molecule has 2 rings (SSSR count). The molecule has 0 radical (unpaired) electrons. The zero-order chi connectivity index (χ0) is 15.6. The smallest absolute Gasteiger partial charge is 0.337 e. The summed E-state index contributed by atoms with van der Waals surface area (Å²) in [5.74, 6) is 0.250. The number of benzene rings is 1. The molecule has 1 heterocycles. The Morgan fingerprint density at radius 2 is 2.00 bits per heavy atom. The molecule has 0 spiro atoms. The second-order valence-corrected chi connectivity index (χ2v) is 5.93. The van der Waals surface area contributed by atoms with Crippen molar-refractivity contribution in [2.75, 3.05) is 12.4 Å². The van der Waals surface area contributed by atoms with Gasteiger partial charge in [-0.05, 0) is 57.0 Å². The van der Waals surface area contributed by atoms with Crippen LogP contribution in [0, 0.1) is 6.92 Å². The van der Waals surface area contributed by atoms with E-state index in [1.807, 2.05) is 12.1 Å². The maximum Gasteiger partial charge on any atom is 0.337 e. The zero-order valence-corrected chi connectivity index (χ0v) is 14.4. The Kier molecular flexibility index (Phi) is 4.84. The number of aryl methyl sites for hydroxylation is 1. The van der Waals surface area contributed by atoms with Crippen LogP contribution in [0.1, 0.15) is 16.1 Å². The number of nitrogens with one attached hydrogen (secondary N) is 1. The summed E-state index contributed by atoms with van der Waals surface area (Å²) in [6, 6.07) is 6.82. The van der Waals surface area contributed by atoms with Gasteiger partial charge < -0.3 is 15.2 Å². The first-order chi connectivity index (χ1) is 9.92. The van der Waals surface area contributed by atoms with Gasteiger partial charge in [-0.15, -0.1) is 0 Å². The third kappa shape index (κ3) is 3.54. The third-order valence-electron chi connectivity index (χ3n) is 2.82. The van der Waals surface area contributed by atoms with Crippen molar-refractivity contribution >= 4 is 49.3 Å². The largest absolute Gasteiger partial charge is 0.495 e. The summed E-state index contributed by atoms with van der Waals surface area (Å²) >= 11 is 6.85. The molecule has 0 unspecified atom stereocenters. The van der Waals surface area contributed by atoms with Gasteiger partial charge in [0.15, 0.2) is 0 Å². The fourth-order valence-corrected chi connectivity index (χ4v) is 3.03. The molecular formula is C14H12Br2N2O3. The normalized spacial score (nSPS) is 10.3. The number of nitrogens with zero attached hydrogens (tertiary/aromatic N) is 1. The van der Waals surface area contributed by atoms with Crippen LogP contribution in [0.5, 0.6) is 5.75 Å². The van der Waals surface area contributed by atoms with Gasteiger partial charge in [0.25, 0.3) is 0 Å². The predicted molar refractivity (Wildman–Crippen MR) is 87.6 cm³/mol. The number of hydrogen-bond donors (Lipinski definition) is 2. The average molecular weight is 416 g/mol. The van der Waals surface area contributed by atoms with E-state index in [2.05, 4.69) is 42.2 Å². The summed E-state index contributed by atoms with van der Waals surface area (Å²) < 4.78 is 6.90. The molecule has 2 aromatic rings. The Labute approximate surface area is 138 Å². The van der Waals surface area contributed by atoms with E-state index in [4.69, 9.17) is 9.84 Å². The number of carboxylic acid groups (broad SMARTS) is 1. The third-order valence-corrected chi connectivity index (χ3v) is 4.10. The van der Waals surface area contributed by atoms with Gasteiger partial charge in [-0.2, -0.15) is 0 Å². The number of aromatic nitrogens is 1. The van der Waals surface area contributed by atoms with E-state index in [-0.39, 0.29) is 5.56 Å². The van der Waals surface area contributed by atoms with Crippen molar-refractivity contribution in [1.29, 1.82) is 0 Å². The molecule has 7 heteroatoms. The van der Waals surface area contributed by atoms with Crippen LogP contribution in [0.15, 0.2) is 33.2 Å². The first kappa shape index (κ1) is 15.8. The Bertz CT molecular complexity index is 705. The quantitative estimate of drug-likeness (QED) is 0.775. The fraction of sp³-hybridized carbons (Fsp3) is 0.143. The first-order valence-electron chi connectivity index (χ1n) is 5.93. The zero-order valence-electron chi connectivity index (χ0n) is 11.3. The number of methoxy groups -OCH3 is 1. The monoisotopic (exact) mass is 414 g/mol. The summed E-state index contributed by atoms with van der Waals surface area (Å²) in [6.07, 6.45) is 0. The molecule has 0 fully saturated rings.